The number of amides is 3. The molecule has 1 fully saturated rings. The molecular formula is C14H18N4O3. The number of anilines is 1. The van der Waals surface area contributed by atoms with Crippen molar-refractivity contribution in [2.45, 2.75) is 26.3 Å². The summed E-state index contributed by atoms with van der Waals surface area (Å²) in [6, 6.07) is 2.74. The molecule has 0 saturated carbocycles. The van der Waals surface area contributed by atoms with Gasteiger partial charge in [-0.05, 0) is 25.5 Å². The van der Waals surface area contributed by atoms with Gasteiger partial charge in [-0.1, -0.05) is 6.92 Å². The van der Waals surface area contributed by atoms with Crippen molar-refractivity contribution in [2.75, 3.05) is 18.4 Å². The molecule has 1 atom stereocenters. The van der Waals surface area contributed by atoms with Crippen molar-refractivity contribution in [3.05, 3.63) is 24.0 Å². The van der Waals surface area contributed by atoms with Crippen molar-refractivity contribution in [2.24, 2.45) is 0 Å². The molecule has 0 aromatic carbocycles. The number of nitrogens with zero attached hydrogens (tertiary/aromatic N) is 2. The van der Waals surface area contributed by atoms with E-state index in [1.807, 2.05) is 6.92 Å². The van der Waals surface area contributed by atoms with E-state index < -0.39 is 23.8 Å². The lowest BCUT2D eigenvalue weighted by molar-refractivity contribution is -0.138. The van der Waals surface area contributed by atoms with Gasteiger partial charge in [-0.25, -0.2) is 0 Å². The number of carbonyl (C=O) groups is 3. The summed E-state index contributed by atoms with van der Waals surface area (Å²) in [6.07, 6.45) is 1.97. The molecule has 112 valence electrons. The van der Waals surface area contributed by atoms with E-state index in [1.165, 1.54) is 11.1 Å². The second kappa shape index (κ2) is 6.34. The summed E-state index contributed by atoms with van der Waals surface area (Å²) in [5.74, 6) is -1.32. The SMILES string of the molecule is CCNc1ccnc(C(=O)N2CC(=O)NC(=O)C2CC)c1. The molecular weight excluding hydrogens is 272 g/mol. The van der Waals surface area contributed by atoms with Crippen LogP contribution in [-0.2, 0) is 9.59 Å². The zero-order valence-corrected chi connectivity index (χ0v) is 12.0. The highest BCUT2D eigenvalue weighted by Gasteiger charge is 2.36. The maximum Gasteiger partial charge on any atom is 0.273 e. The Morgan fingerprint density at radius 2 is 2.24 bits per heavy atom. The average molecular weight is 290 g/mol. The number of rotatable bonds is 4. The number of nitrogens with one attached hydrogen (secondary N) is 2. The fraction of sp³-hybridized carbons (Fsp3) is 0.429. The minimum Gasteiger partial charge on any atom is -0.385 e. The number of pyridine rings is 1. The lowest BCUT2D eigenvalue weighted by atomic mass is 10.1. The first kappa shape index (κ1) is 15.0. The summed E-state index contributed by atoms with van der Waals surface area (Å²) in [5.41, 5.74) is 0.992. The van der Waals surface area contributed by atoms with E-state index >= 15 is 0 Å². The summed E-state index contributed by atoms with van der Waals surface area (Å²) in [6.45, 7) is 4.33. The molecule has 1 aliphatic rings. The van der Waals surface area contributed by atoms with Crippen molar-refractivity contribution in [1.29, 1.82) is 0 Å². The Balaban J connectivity index is 2.26. The summed E-state index contributed by atoms with van der Waals surface area (Å²) in [7, 11) is 0. The minimum absolute atomic E-state index is 0.129. The molecule has 1 aromatic rings. The Hall–Kier alpha value is -2.44. The summed E-state index contributed by atoms with van der Waals surface area (Å²) in [4.78, 5) is 41.1. The lowest BCUT2D eigenvalue weighted by Gasteiger charge is -2.33. The van der Waals surface area contributed by atoms with Gasteiger partial charge in [-0.2, -0.15) is 0 Å². The first-order chi connectivity index (χ1) is 10.1. The van der Waals surface area contributed by atoms with E-state index in [0.717, 1.165) is 12.2 Å². The fourth-order valence-corrected chi connectivity index (χ4v) is 2.29. The third-order valence-corrected chi connectivity index (χ3v) is 3.26. The van der Waals surface area contributed by atoms with Crippen LogP contribution in [0.4, 0.5) is 5.69 Å². The second-order valence-corrected chi connectivity index (χ2v) is 4.73. The predicted molar refractivity (Wildman–Crippen MR) is 76.7 cm³/mol. The first-order valence-corrected chi connectivity index (χ1v) is 6.91. The van der Waals surface area contributed by atoms with Crippen LogP contribution in [0.15, 0.2) is 18.3 Å². The summed E-state index contributed by atoms with van der Waals surface area (Å²) < 4.78 is 0. The van der Waals surface area contributed by atoms with Gasteiger partial charge in [0.05, 0.1) is 0 Å². The Morgan fingerprint density at radius 3 is 2.90 bits per heavy atom. The number of imide groups is 1. The molecule has 0 aliphatic carbocycles. The van der Waals surface area contributed by atoms with E-state index in [0.29, 0.717) is 6.42 Å². The first-order valence-electron chi connectivity index (χ1n) is 6.91. The zero-order valence-electron chi connectivity index (χ0n) is 12.0. The lowest BCUT2D eigenvalue weighted by Crippen LogP contribution is -2.59. The van der Waals surface area contributed by atoms with Crippen LogP contribution in [-0.4, -0.2) is 46.7 Å². The Morgan fingerprint density at radius 1 is 1.48 bits per heavy atom. The normalized spacial score (nSPS) is 18.4. The van der Waals surface area contributed by atoms with E-state index in [2.05, 4.69) is 15.6 Å². The largest absolute Gasteiger partial charge is 0.385 e. The molecule has 2 heterocycles. The third-order valence-electron chi connectivity index (χ3n) is 3.26. The maximum atomic E-state index is 12.5. The van der Waals surface area contributed by atoms with Crippen LogP contribution in [0.3, 0.4) is 0 Å². The number of hydrogen-bond acceptors (Lipinski definition) is 5. The number of piperazine rings is 1. The van der Waals surface area contributed by atoms with Gasteiger partial charge in [0.1, 0.15) is 18.3 Å². The Kier molecular flexibility index (Phi) is 4.52. The molecule has 21 heavy (non-hydrogen) atoms. The smallest absolute Gasteiger partial charge is 0.273 e. The van der Waals surface area contributed by atoms with Crippen molar-refractivity contribution in [3.8, 4) is 0 Å². The average Bonchev–Trinajstić information content (AvgIpc) is 2.46. The van der Waals surface area contributed by atoms with Crippen LogP contribution in [0.5, 0.6) is 0 Å². The van der Waals surface area contributed by atoms with E-state index in [9.17, 15) is 14.4 Å². The Labute approximate surface area is 122 Å². The summed E-state index contributed by atoms with van der Waals surface area (Å²) in [5, 5.41) is 5.34. The molecule has 2 N–H and O–H groups in total. The standard InChI is InChI=1S/C14H18N4O3/c1-3-11-13(20)17-12(19)8-18(11)14(21)10-7-9(15-4-2)5-6-16-10/h5-7,11H,3-4,8H2,1-2H3,(H,15,16)(H,17,19,20). The van der Waals surface area contributed by atoms with Gasteiger partial charge in [0.2, 0.25) is 11.8 Å². The molecule has 1 aromatic heterocycles. The van der Waals surface area contributed by atoms with Gasteiger partial charge in [0, 0.05) is 18.4 Å². The third kappa shape index (κ3) is 3.18. The number of carbonyl (C=O) groups excluding carboxylic acids is 3. The molecule has 0 spiro atoms. The highest BCUT2D eigenvalue weighted by atomic mass is 16.2. The molecule has 1 saturated heterocycles. The van der Waals surface area contributed by atoms with E-state index in [1.54, 1.807) is 19.1 Å². The van der Waals surface area contributed by atoms with Crippen LogP contribution in [0.25, 0.3) is 0 Å². The van der Waals surface area contributed by atoms with Crippen molar-refractivity contribution < 1.29 is 14.4 Å². The quantitative estimate of drug-likeness (QED) is 0.783. The topological polar surface area (TPSA) is 91.4 Å². The van der Waals surface area contributed by atoms with Crippen LogP contribution in [0, 0.1) is 0 Å². The molecule has 3 amide bonds. The predicted octanol–water partition coefficient (Wildman–Crippen LogP) is 0.391. The van der Waals surface area contributed by atoms with E-state index in [-0.39, 0.29) is 12.2 Å². The van der Waals surface area contributed by atoms with Gasteiger partial charge >= 0.3 is 0 Å². The van der Waals surface area contributed by atoms with Gasteiger partial charge in [-0.3, -0.25) is 24.7 Å². The van der Waals surface area contributed by atoms with Gasteiger partial charge in [0.25, 0.3) is 5.91 Å². The van der Waals surface area contributed by atoms with Crippen LogP contribution in [0.1, 0.15) is 30.8 Å². The van der Waals surface area contributed by atoms with Crippen LogP contribution in [0.2, 0.25) is 0 Å². The monoisotopic (exact) mass is 290 g/mol. The van der Waals surface area contributed by atoms with Crippen LogP contribution >= 0.6 is 0 Å². The molecule has 7 nitrogen and oxygen atoms in total. The van der Waals surface area contributed by atoms with Crippen molar-refractivity contribution in [1.82, 2.24) is 15.2 Å². The highest BCUT2D eigenvalue weighted by molar-refractivity contribution is 6.06. The number of aromatic nitrogens is 1. The van der Waals surface area contributed by atoms with Crippen molar-refractivity contribution in [3.63, 3.8) is 0 Å². The van der Waals surface area contributed by atoms with Crippen molar-refractivity contribution >= 4 is 23.4 Å². The second-order valence-electron chi connectivity index (χ2n) is 4.73. The minimum atomic E-state index is -0.639. The zero-order chi connectivity index (χ0) is 15.4. The molecule has 2 rings (SSSR count). The van der Waals surface area contributed by atoms with Gasteiger partial charge in [0.15, 0.2) is 0 Å². The van der Waals surface area contributed by atoms with Gasteiger partial charge < -0.3 is 10.2 Å². The highest BCUT2D eigenvalue weighted by Crippen LogP contribution is 2.15. The molecule has 0 bridgehead atoms. The Bertz CT molecular complexity index is 573. The van der Waals surface area contributed by atoms with Crippen LogP contribution < -0.4 is 10.6 Å². The van der Waals surface area contributed by atoms with Gasteiger partial charge in [-0.15, -0.1) is 0 Å². The maximum absolute atomic E-state index is 12.5. The molecule has 7 heteroatoms. The summed E-state index contributed by atoms with van der Waals surface area (Å²) >= 11 is 0. The fourth-order valence-electron chi connectivity index (χ4n) is 2.29. The molecule has 0 radical (unpaired) electrons. The molecule has 1 aliphatic heterocycles. The molecule has 1 unspecified atom stereocenters. The number of hydrogen-bond donors (Lipinski definition) is 2. The van der Waals surface area contributed by atoms with E-state index in [4.69, 9.17) is 0 Å².